The van der Waals surface area contributed by atoms with Crippen molar-refractivity contribution < 1.29 is 13.6 Å². The summed E-state index contributed by atoms with van der Waals surface area (Å²) >= 11 is -2.02. The molecule has 1 atom stereocenters. The van der Waals surface area contributed by atoms with Crippen molar-refractivity contribution in [1.82, 2.24) is 4.98 Å². The van der Waals surface area contributed by atoms with Gasteiger partial charge in [-0.15, -0.1) is 0 Å². The highest BCUT2D eigenvalue weighted by atomic mass is 32.2. The third-order valence-electron chi connectivity index (χ3n) is 3.13. The van der Waals surface area contributed by atoms with Gasteiger partial charge in [0.1, 0.15) is 0 Å². The Bertz CT molecular complexity index is 843. The molecule has 0 saturated heterocycles. The van der Waals surface area contributed by atoms with E-state index >= 15 is 0 Å². The second-order valence-corrected chi connectivity index (χ2v) is 5.60. The first kappa shape index (κ1) is 14.3. The molecule has 2 amide bonds. The van der Waals surface area contributed by atoms with Gasteiger partial charge in [-0.05, 0) is 47.9 Å². The molecule has 6 nitrogen and oxygen atoms in total. The molecule has 0 aliphatic carbocycles. The number of aromatic amines is 1. The molecule has 22 heavy (non-hydrogen) atoms. The van der Waals surface area contributed by atoms with E-state index < -0.39 is 11.1 Å². The summed E-state index contributed by atoms with van der Waals surface area (Å²) in [6, 6.07) is 13.2. The zero-order valence-electron chi connectivity index (χ0n) is 11.4. The largest absolute Gasteiger partial charge is 0.361 e. The van der Waals surface area contributed by atoms with Crippen LogP contribution in [-0.4, -0.2) is 19.8 Å². The lowest BCUT2D eigenvalue weighted by Gasteiger charge is -2.08. The number of urea groups is 1. The van der Waals surface area contributed by atoms with E-state index in [4.69, 9.17) is 4.55 Å². The lowest BCUT2D eigenvalue weighted by Crippen LogP contribution is -2.19. The number of carbonyl (C=O) groups is 1. The van der Waals surface area contributed by atoms with Crippen LogP contribution in [0.15, 0.2) is 59.6 Å². The fraction of sp³-hybridized carbons (Fsp3) is 0. The van der Waals surface area contributed by atoms with Crippen molar-refractivity contribution in [2.75, 3.05) is 10.6 Å². The van der Waals surface area contributed by atoms with Crippen LogP contribution in [0.1, 0.15) is 0 Å². The van der Waals surface area contributed by atoms with E-state index in [2.05, 4.69) is 15.6 Å². The fourth-order valence-corrected chi connectivity index (χ4v) is 2.44. The van der Waals surface area contributed by atoms with Crippen LogP contribution in [0, 0.1) is 0 Å². The second-order valence-electron chi connectivity index (χ2n) is 4.63. The lowest BCUT2D eigenvalue weighted by atomic mass is 10.2. The second kappa shape index (κ2) is 6.00. The van der Waals surface area contributed by atoms with Crippen molar-refractivity contribution in [2.24, 2.45) is 0 Å². The van der Waals surface area contributed by atoms with Crippen LogP contribution in [0.3, 0.4) is 0 Å². The van der Waals surface area contributed by atoms with E-state index in [1.165, 1.54) is 12.1 Å². The summed E-state index contributed by atoms with van der Waals surface area (Å²) < 4.78 is 19.8. The minimum absolute atomic E-state index is 0.281. The van der Waals surface area contributed by atoms with Gasteiger partial charge in [-0.2, -0.15) is 0 Å². The smallest absolute Gasteiger partial charge is 0.323 e. The summed E-state index contributed by atoms with van der Waals surface area (Å²) in [6.45, 7) is 0. The predicted octanol–water partition coefficient (Wildman–Crippen LogP) is 3.39. The number of benzene rings is 2. The van der Waals surface area contributed by atoms with Crippen molar-refractivity contribution in [3.05, 3.63) is 54.7 Å². The summed E-state index contributed by atoms with van der Waals surface area (Å²) in [7, 11) is 0. The first-order valence-electron chi connectivity index (χ1n) is 6.48. The van der Waals surface area contributed by atoms with Crippen LogP contribution in [-0.2, 0) is 11.1 Å². The molecule has 3 aromatic rings. The number of hydrogen-bond donors (Lipinski definition) is 4. The summed E-state index contributed by atoms with van der Waals surface area (Å²) in [5.74, 6) is 0. The minimum atomic E-state index is -2.02. The summed E-state index contributed by atoms with van der Waals surface area (Å²) in [5.41, 5.74) is 2.14. The van der Waals surface area contributed by atoms with Gasteiger partial charge in [0, 0.05) is 23.1 Å². The van der Waals surface area contributed by atoms with Gasteiger partial charge in [-0.1, -0.05) is 6.07 Å². The molecule has 0 saturated carbocycles. The Morgan fingerprint density at radius 2 is 1.68 bits per heavy atom. The van der Waals surface area contributed by atoms with Crippen molar-refractivity contribution >= 4 is 39.4 Å². The molecule has 7 heteroatoms. The SMILES string of the molecule is O=C(Nc1ccc(S(=O)O)cc1)Nc1ccc2cc[nH]c2c1. The third-order valence-corrected chi connectivity index (χ3v) is 3.80. The Morgan fingerprint density at radius 3 is 2.41 bits per heavy atom. The summed E-state index contributed by atoms with van der Waals surface area (Å²) in [6.07, 6.45) is 1.83. The zero-order chi connectivity index (χ0) is 15.5. The number of aromatic nitrogens is 1. The Balaban J connectivity index is 1.67. The maximum Gasteiger partial charge on any atom is 0.323 e. The Hall–Kier alpha value is -2.64. The van der Waals surface area contributed by atoms with Crippen LogP contribution >= 0.6 is 0 Å². The first-order chi connectivity index (χ1) is 10.6. The number of amides is 2. The number of H-pyrrole nitrogens is 1. The molecule has 1 unspecified atom stereocenters. The molecule has 0 radical (unpaired) electrons. The highest BCUT2D eigenvalue weighted by Gasteiger charge is 2.05. The predicted molar refractivity (Wildman–Crippen MR) is 86.4 cm³/mol. The Kier molecular flexibility index (Phi) is 3.90. The molecular formula is C15H13N3O3S. The van der Waals surface area contributed by atoms with Crippen LogP contribution in [0.25, 0.3) is 10.9 Å². The Labute approximate surface area is 128 Å². The molecule has 1 heterocycles. The van der Waals surface area contributed by atoms with E-state index in [0.717, 1.165) is 10.9 Å². The maximum atomic E-state index is 11.9. The Morgan fingerprint density at radius 1 is 1.00 bits per heavy atom. The number of hydrogen-bond acceptors (Lipinski definition) is 2. The number of rotatable bonds is 3. The average molecular weight is 315 g/mol. The normalized spacial score (nSPS) is 12.0. The van der Waals surface area contributed by atoms with Crippen LogP contribution in [0.4, 0.5) is 16.2 Å². The van der Waals surface area contributed by atoms with Gasteiger partial charge in [-0.3, -0.25) is 0 Å². The van der Waals surface area contributed by atoms with E-state index in [1.54, 1.807) is 12.1 Å². The molecule has 4 N–H and O–H groups in total. The van der Waals surface area contributed by atoms with Crippen molar-refractivity contribution in [3.63, 3.8) is 0 Å². The van der Waals surface area contributed by atoms with Crippen LogP contribution < -0.4 is 10.6 Å². The zero-order valence-corrected chi connectivity index (χ0v) is 12.2. The molecule has 0 fully saturated rings. The number of nitrogens with one attached hydrogen (secondary N) is 3. The number of carbonyl (C=O) groups excluding carboxylic acids is 1. The van der Waals surface area contributed by atoms with E-state index in [9.17, 15) is 9.00 Å². The molecule has 3 rings (SSSR count). The van der Waals surface area contributed by atoms with E-state index in [1.807, 2.05) is 30.5 Å². The van der Waals surface area contributed by atoms with Gasteiger partial charge in [0.2, 0.25) is 0 Å². The maximum absolute atomic E-state index is 11.9. The summed E-state index contributed by atoms with van der Waals surface area (Å²) in [4.78, 5) is 15.3. The fourth-order valence-electron chi connectivity index (χ4n) is 2.07. The van der Waals surface area contributed by atoms with Gasteiger partial charge < -0.3 is 20.2 Å². The van der Waals surface area contributed by atoms with Crippen LogP contribution in [0.2, 0.25) is 0 Å². The van der Waals surface area contributed by atoms with Gasteiger partial charge in [0.25, 0.3) is 0 Å². The van der Waals surface area contributed by atoms with Crippen molar-refractivity contribution in [3.8, 4) is 0 Å². The van der Waals surface area contributed by atoms with E-state index in [0.29, 0.717) is 11.4 Å². The first-order valence-corrected chi connectivity index (χ1v) is 7.58. The van der Waals surface area contributed by atoms with Gasteiger partial charge in [-0.25, -0.2) is 9.00 Å². The molecule has 0 aliphatic heterocycles. The lowest BCUT2D eigenvalue weighted by molar-refractivity contribution is 0.262. The average Bonchev–Trinajstić information content (AvgIpc) is 2.95. The monoisotopic (exact) mass is 315 g/mol. The molecule has 112 valence electrons. The standard InChI is InChI=1S/C15H13N3O3S/c19-15(17-11-3-5-13(6-4-11)22(20)21)18-12-2-1-10-7-8-16-14(10)9-12/h1-9,16H,(H,20,21)(H2,17,18,19). The van der Waals surface area contributed by atoms with Crippen molar-refractivity contribution in [2.45, 2.75) is 4.90 Å². The quantitative estimate of drug-likeness (QED) is 0.558. The third kappa shape index (κ3) is 3.16. The van der Waals surface area contributed by atoms with Gasteiger partial charge >= 0.3 is 6.03 Å². The molecular weight excluding hydrogens is 302 g/mol. The molecule has 0 spiro atoms. The molecule has 1 aromatic heterocycles. The molecule has 2 aromatic carbocycles. The minimum Gasteiger partial charge on any atom is -0.361 e. The van der Waals surface area contributed by atoms with Crippen molar-refractivity contribution in [1.29, 1.82) is 0 Å². The summed E-state index contributed by atoms with van der Waals surface area (Å²) in [5, 5.41) is 6.46. The topological polar surface area (TPSA) is 94.2 Å². The molecule has 0 aliphatic rings. The highest BCUT2D eigenvalue weighted by molar-refractivity contribution is 7.79. The van der Waals surface area contributed by atoms with E-state index in [-0.39, 0.29) is 10.9 Å². The number of fused-ring (bicyclic) bond motifs is 1. The highest BCUT2D eigenvalue weighted by Crippen LogP contribution is 2.18. The van der Waals surface area contributed by atoms with Crippen LogP contribution in [0.5, 0.6) is 0 Å². The molecule has 0 bridgehead atoms. The number of anilines is 2. The van der Waals surface area contributed by atoms with Gasteiger partial charge in [0.15, 0.2) is 11.1 Å². The van der Waals surface area contributed by atoms with Gasteiger partial charge in [0.05, 0.1) is 4.90 Å².